The van der Waals surface area contributed by atoms with Gasteiger partial charge in [-0.1, -0.05) is 78.9 Å². The molecule has 0 fully saturated rings. The van der Waals surface area contributed by atoms with E-state index >= 15 is 0 Å². The first-order valence-electron chi connectivity index (χ1n) is 13.1. The molecule has 1 N–H and O–H groups in total. The average molecular weight is 526 g/mol. The summed E-state index contributed by atoms with van der Waals surface area (Å²) in [7, 11) is 0. The fraction of sp³-hybridized carbons (Fsp3) is 0.0909. The smallest absolute Gasteiger partial charge is 0.263 e. The minimum atomic E-state index is -0.494. The van der Waals surface area contributed by atoms with Crippen LogP contribution in [0.15, 0.2) is 108 Å². The van der Waals surface area contributed by atoms with Crippen molar-refractivity contribution in [3.8, 4) is 5.69 Å². The maximum atomic E-state index is 14.2. The van der Waals surface area contributed by atoms with E-state index in [0.717, 1.165) is 22.2 Å². The molecule has 0 spiro atoms. The third-order valence-electron chi connectivity index (χ3n) is 6.97. The molecular weight excluding hydrogens is 498 g/mol. The van der Waals surface area contributed by atoms with Gasteiger partial charge in [0.25, 0.3) is 11.5 Å². The molecule has 0 radical (unpaired) electrons. The van der Waals surface area contributed by atoms with Crippen molar-refractivity contribution < 1.29 is 4.79 Å². The lowest BCUT2D eigenvalue weighted by atomic mass is 10.0. The standard InChI is InChI=1S/C33H27N5O2/c1-22(35-32(39)29-23(2)36-37-20-10-19-34-31(29)37)28-21-26-14-9-13-25(18-17-24-11-5-3-6-12-24)30(26)33(40)38(28)27-15-7-4-8-16-27/h3-22H,1-2H3,(H,35,39)/b18-17+/t22-/m0/s1. The van der Waals surface area contributed by atoms with Gasteiger partial charge in [-0.25, -0.2) is 9.50 Å². The van der Waals surface area contributed by atoms with Crippen LogP contribution in [-0.4, -0.2) is 25.1 Å². The van der Waals surface area contributed by atoms with Crippen molar-refractivity contribution in [1.82, 2.24) is 24.5 Å². The number of nitrogens with one attached hydrogen (secondary N) is 1. The molecule has 0 saturated heterocycles. The molecule has 6 rings (SSSR count). The normalized spacial score (nSPS) is 12.2. The summed E-state index contributed by atoms with van der Waals surface area (Å²) < 4.78 is 3.28. The van der Waals surface area contributed by atoms with Crippen molar-refractivity contribution in [2.45, 2.75) is 19.9 Å². The number of carbonyl (C=O) groups is 1. The predicted octanol–water partition coefficient (Wildman–Crippen LogP) is 6.00. The van der Waals surface area contributed by atoms with Crippen molar-refractivity contribution >= 4 is 34.5 Å². The number of aromatic nitrogens is 4. The number of fused-ring (bicyclic) bond motifs is 2. The van der Waals surface area contributed by atoms with Crippen LogP contribution in [0.4, 0.5) is 0 Å². The van der Waals surface area contributed by atoms with Crippen molar-refractivity contribution in [2.75, 3.05) is 0 Å². The lowest BCUT2D eigenvalue weighted by molar-refractivity contribution is 0.0939. The number of aryl methyl sites for hydroxylation is 1. The Balaban J connectivity index is 1.47. The van der Waals surface area contributed by atoms with Crippen LogP contribution in [0.25, 0.3) is 34.3 Å². The Hall–Kier alpha value is -5.30. The van der Waals surface area contributed by atoms with Gasteiger partial charge in [-0.2, -0.15) is 5.10 Å². The van der Waals surface area contributed by atoms with Crippen molar-refractivity contribution in [2.24, 2.45) is 0 Å². The molecule has 3 aromatic carbocycles. The SMILES string of the molecule is Cc1nn2cccnc2c1C(=O)N[C@@H](C)c1cc2cccc(/C=C/c3ccccc3)c2c(=O)n1-c1ccccc1. The van der Waals surface area contributed by atoms with E-state index in [1.165, 1.54) is 0 Å². The summed E-state index contributed by atoms with van der Waals surface area (Å²) in [4.78, 5) is 32.1. The van der Waals surface area contributed by atoms with E-state index in [2.05, 4.69) is 15.4 Å². The lowest BCUT2D eigenvalue weighted by Crippen LogP contribution is -2.32. The zero-order valence-electron chi connectivity index (χ0n) is 22.2. The molecule has 0 unspecified atom stereocenters. The van der Waals surface area contributed by atoms with Crippen LogP contribution >= 0.6 is 0 Å². The van der Waals surface area contributed by atoms with Gasteiger partial charge < -0.3 is 5.32 Å². The molecule has 196 valence electrons. The molecule has 3 aromatic heterocycles. The molecule has 0 saturated carbocycles. The Labute approximate surface area is 231 Å². The number of carbonyl (C=O) groups excluding carboxylic acids is 1. The first-order chi connectivity index (χ1) is 19.5. The molecule has 3 heterocycles. The molecule has 1 amide bonds. The predicted molar refractivity (Wildman–Crippen MR) is 159 cm³/mol. The third-order valence-corrected chi connectivity index (χ3v) is 6.97. The fourth-order valence-corrected chi connectivity index (χ4v) is 5.07. The Morgan fingerprint density at radius 3 is 2.45 bits per heavy atom. The third kappa shape index (κ3) is 4.58. The fourth-order valence-electron chi connectivity index (χ4n) is 5.07. The number of hydrogen-bond donors (Lipinski definition) is 1. The molecule has 40 heavy (non-hydrogen) atoms. The van der Waals surface area contributed by atoms with Gasteiger partial charge >= 0.3 is 0 Å². The van der Waals surface area contributed by atoms with Crippen LogP contribution < -0.4 is 10.9 Å². The molecular formula is C33H27N5O2. The summed E-state index contributed by atoms with van der Waals surface area (Å²) in [6.45, 7) is 3.67. The molecule has 0 aliphatic rings. The summed E-state index contributed by atoms with van der Waals surface area (Å²) in [5.74, 6) is -0.301. The number of nitrogens with zero attached hydrogens (tertiary/aromatic N) is 4. The Morgan fingerprint density at radius 2 is 1.68 bits per heavy atom. The Kier molecular flexibility index (Phi) is 6.54. The van der Waals surface area contributed by atoms with Crippen LogP contribution in [-0.2, 0) is 0 Å². The molecule has 7 heteroatoms. The summed E-state index contributed by atoms with van der Waals surface area (Å²) >= 11 is 0. The number of hydrogen-bond acceptors (Lipinski definition) is 4. The van der Waals surface area contributed by atoms with E-state index in [0.29, 0.717) is 28.0 Å². The second-order valence-electron chi connectivity index (χ2n) is 9.64. The van der Waals surface area contributed by atoms with Crippen LogP contribution in [0, 0.1) is 6.92 Å². The number of pyridine rings is 1. The molecule has 7 nitrogen and oxygen atoms in total. The number of benzene rings is 3. The second-order valence-corrected chi connectivity index (χ2v) is 9.64. The highest BCUT2D eigenvalue weighted by atomic mass is 16.2. The highest BCUT2D eigenvalue weighted by molar-refractivity contribution is 6.01. The van der Waals surface area contributed by atoms with Crippen LogP contribution in [0.2, 0.25) is 0 Å². The van der Waals surface area contributed by atoms with Gasteiger partial charge in [0.1, 0.15) is 5.56 Å². The largest absolute Gasteiger partial charge is 0.344 e. The highest BCUT2D eigenvalue weighted by Crippen LogP contribution is 2.25. The monoisotopic (exact) mass is 525 g/mol. The van der Waals surface area contributed by atoms with Crippen molar-refractivity contribution in [3.05, 3.63) is 142 Å². The van der Waals surface area contributed by atoms with Gasteiger partial charge in [0.15, 0.2) is 5.65 Å². The van der Waals surface area contributed by atoms with E-state index < -0.39 is 6.04 Å². The summed E-state index contributed by atoms with van der Waals surface area (Å²) in [6, 6.07) is 28.6. The second kappa shape index (κ2) is 10.5. The minimum Gasteiger partial charge on any atom is -0.344 e. The molecule has 6 aromatic rings. The molecule has 0 aliphatic carbocycles. The maximum absolute atomic E-state index is 14.2. The Morgan fingerprint density at radius 1 is 0.925 bits per heavy atom. The topological polar surface area (TPSA) is 81.3 Å². The van der Waals surface area contributed by atoms with Crippen molar-refractivity contribution in [3.63, 3.8) is 0 Å². The van der Waals surface area contributed by atoms with Gasteiger partial charge in [-0.3, -0.25) is 14.2 Å². The molecule has 0 aliphatic heterocycles. The first kappa shape index (κ1) is 25.0. The van der Waals surface area contributed by atoms with Gasteiger partial charge in [0.2, 0.25) is 0 Å². The quantitative estimate of drug-likeness (QED) is 0.270. The summed E-state index contributed by atoms with van der Waals surface area (Å²) in [5.41, 5.74) is 4.60. The van der Waals surface area contributed by atoms with E-state index in [9.17, 15) is 9.59 Å². The first-order valence-corrected chi connectivity index (χ1v) is 13.1. The van der Waals surface area contributed by atoms with E-state index in [-0.39, 0.29) is 11.5 Å². The van der Waals surface area contributed by atoms with E-state index in [1.54, 1.807) is 34.5 Å². The minimum absolute atomic E-state index is 0.151. The summed E-state index contributed by atoms with van der Waals surface area (Å²) in [5, 5.41) is 8.92. The van der Waals surface area contributed by atoms with Gasteiger partial charge in [-0.05, 0) is 54.6 Å². The lowest BCUT2D eigenvalue weighted by Gasteiger charge is -2.21. The van der Waals surface area contributed by atoms with E-state index in [1.807, 2.05) is 104 Å². The van der Waals surface area contributed by atoms with Gasteiger partial charge in [0.05, 0.1) is 17.1 Å². The average Bonchev–Trinajstić information content (AvgIpc) is 3.32. The number of rotatable bonds is 6. The maximum Gasteiger partial charge on any atom is 0.263 e. The molecule has 0 bridgehead atoms. The summed E-state index contributed by atoms with van der Waals surface area (Å²) in [6.07, 6.45) is 7.37. The van der Waals surface area contributed by atoms with Crippen LogP contribution in [0.3, 0.4) is 0 Å². The van der Waals surface area contributed by atoms with Gasteiger partial charge in [0, 0.05) is 23.8 Å². The van der Waals surface area contributed by atoms with E-state index in [4.69, 9.17) is 0 Å². The van der Waals surface area contributed by atoms with Crippen molar-refractivity contribution in [1.29, 1.82) is 0 Å². The molecule has 1 atom stereocenters. The zero-order chi connectivity index (χ0) is 27.6. The van der Waals surface area contributed by atoms with Gasteiger partial charge in [-0.15, -0.1) is 0 Å². The highest BCUT2D eigenvalue weighted by Gasteiger charge is 2.23. The number of amides is 1. The number of para-hydroxylation sites is 1. The zero-order valence-corrected chi connectivity index (χ0v) is 22.2. The van der Waals surface area contributed by atoms with Crippen LogP contribution in [0.1, 0.15) is 45.8 Å². The Bertz CT molecular complexity index is 1940. The van der Waals surface area contributed by atoms with Crippen LogP contribution in [0.5, 0.6) is 0 Å².